The summed E-state index contributed by atoms with van der Waals surface area (Å²) in [5.74, 6) is 0.0134. The highest BCUT2D eigenvalue weighted by atomic mass is 35.6. The van der Waals surface area contributed by atoms with E-state index in [0.717, 1.165) is 25.7 Å². The molecule has 0 aromatic carbocycles. The van der Waals surface area contributed by atoms with Gasteiger partial charge in [-0.2, -0.15) is 0 Å². The largest absolute Gasteiger partial charge is 0.194 e. The Labute approximate surface area is 99.9 Å². The molecule has 1 rings (SSSR count). The number of halogens is 4. The summed E-state index contributed by atoms with van der Waals surface area (Å²) in [4.78, 5) is 0. The third-order valence-corrected chi connectivity index (χ3v) is 3.97. The summed E-state index contributed by atoms with van der Waals surface area (Å²) < 4.78 is -1.19. The van der Waals surface area contributed by atoms with Crippen molar-refractivity contribution in [2.24, 2.45) is 5.92 Å². The van der Waals surface area contributed by atoms with Crippen molar-refractivity contribution >= 4 is 46.4 Å². The SMILES string of the molecule is ClC1CCCCCCC1C(Cl)(Cl)Cl. The third-order valence-electron chi connectivity index (χ3n) is 2.60. The summed E-state index contributed by atoms with van der Waals surface area (Å²) in [6.07, 6.45) is 6.69. The Morgan fingerprint density at radius 3 is 1.92 bits per heavy atom. The molecular formula is C9H14Cl4. The number of hydrogen-bond acceptors (Lipinski definition) is 0. The van der Waals surface area contributed by atoms with Gasteiger partial charge in [0.05, 0.1) is 0 Å². The molecule has 0 aromatic heterocycles. The number of rotatable bonds is 0. The van der Waals surface area contributed by atoms with E-state index in [2.05, 4.69) is 0 Å². The van der Waals surface area contributed by atoms with Crippen LogP contribution >= 0.6 is 46.4 Å². The van der Waals surface area contributed by atoms with E-state index in [1.54, 1.807) is 0 Å². The third kappa shape index (κ3) is 4.03. The highest BCUT2D eigenvalue weighted by Gasteiger charge is 2.37. The molecule has 1 aliphatic rings. The van der Waals surface area contributed by atoms with Crippen molar-refractivity contribution in [1.29, 1.82) is 0 Å². The lowest BCUT2D eigenvalue weighted by molar-refractivity contribution is 0.389. The van der Waals surface area contributed by atoms with E-state index in [1.165, 1.54) is 12.8 Å². The molecule has 0 radical (unpaired) electrons. The zero-order valence-corrected chi connectivity index (χ0v) is 10.4. The van der Waals surface area contributed by atoms with Gasteiger partial charge in [-0.05, 0) is 12.8 Å². The van der Waals surface area contributed by atoms with Crippen LogP contribution in [0, 0.1) is 5.92 Å². The summed E-state index contributed by atoms with van der Waals surface area (Å²) in [7, 11) is 0. The Balaban J connectivity index is 2.56. The Morgan fingerprint density at radius 1 is 0.846 bits per heavy atom. The van der Waals surface area contributed by atoms with Crippen molar-refractivity contribution < 1.29 is 0 Å². The molecule has 4 heteroatoms. The lowest BCUT2D eigenvalue weighted by Crippen LogP contribution is -2.29. The molecule has 1 aliphatic carbocycles. The van der Waals surface area contributed by atoms with Crippen molar-refractivity contribution in [2.45, 2.75) is 47.7 Å². The molecule has 0 aromatic rings. The molecule has 0 spiro atoms. The second-order valence-corrected chi connectivity index (χ2v) is 6.59. The van der Waals surface area contributed by atoms with Crippen LogP contribution in [0.15, 0.2) is 0 Å². The first kappa shape index (κ1) is 12.2. The van der Waals surface area contributed by atoms with Gasteiger partial charge in [0.2, 0.25) is 0 Å². The topological polar surface area (TPSA) is 0 Å². The molecule has 0 amide bonds. The average Bonchev–Trinajstić information content (AvgIpc) is 1.94. The fourth-order valence-corrected chi connectivity index (χ4v) is 3.25. The molecule has 1 fully saturated rings. The van der Waals surface area contributed by atoms with Crippen LogP contribution in [0.4, 0.5) is 0 Å². The Morgan fingerprint density at radius 2 is 1.38 bits per heavy atom. The van der Waals surface area contributed by atoms with E-state index in [-0.39, 0.29) is 11.3 Å². The minimum atomic E-state index is -1.19. The highest BCUT2D eigenvalue weighted by Crippen LogP contribution is 2.43. The van der Waals surface area contributed by atoms with Gasteiger partial charge >= 0.3 is 0 Å². The molecule has 0 N–H and O–H groups in total. The molecule has 0 aliphatic heterocycles. The van der Waals surface area contributed by atoms with Crippen LogP contribution in [0.1, 0.15) is 38.5 Å². The van der Waals surface area contributed by atoms with Gasteiger partial charge in [0.1, 0.15) is 0 Å². The molecule has 2 unspecified atom stereocenters. The average molecular weight is 264 g/mol. The van der Waals surface area contributed by atoms with Gasteiger partial charge in [0.15, 0.2) is 3.79 Å². The van der Waals surface area contributed by atoms with Crippen LogP contribution in [0.3, 0.4) is 0 Å². The first-order valence-corrected chi connectivity index (χ1v) is 6.29. The molecule has 2 atom stereocenters. The molecule has 0 bridgehead atoms. The fourth-order valence-electron chi connectivity index (χ4n) is 1.81. The Bertz CT molecular complexity index is 152. The maximum absolute atomic E-state index is 6.19. The summed E-state index contributed by atoms with van der Waals surface area (Å²) in [6, 6.07) is 0. The summed E-state index contributed by atoms with van der Waals surface area (Å²) >= 11 is 23.8. The molecule has 13 heavy (non-hydrogen) atoms. The van der Waals surface area contributed by atoms with E-state index in [1.807, 2.05) is 0 Å². The molecule has 78 valence electrons. The predicted octanol–water partition coefficient (Wildman–Crippen LogP) is 4.93. The van der Waals surface area contributed by atoms with E-state index < -0.39 is 3.79 Å². The van der Waals surface area contributed by atoms with Crippen LogP contribution in [-0.2, 0) is 0 Å². The highest BCUT2D eigenvalue weighted by molar-refractivity contribution is 6.67. The Kier molecular flexibility index (Phi) is 4.99. The molecule has 1 saturated carbocycles. The van der Waals surface area contributed by atoms with Crippen LogP contribution in [0.5, 0.6) is 0 Å². The number of hydrogen-bond donors (Lipinski definition) is 0. The van der Waals surface area contributed by atoms with Gasteiger partial charge in [0.25, 0.3) is 0 Å². The number of alkyl halides is 4. The normalized spacial score (nSPS) is 32.3. The van der Waals surface area contributed by atoms with Gasteiger partial charge in [0, 0.05) is 11.3 Å². The van der Waals surface area contributed by atoms with Crippen LogP contribution in [0.25, 0.3) is 0 Å². The maximum Gasteiger partial charge on any atom is 0.194 e. The smallest absolute Gasteiger partial charge is 0.123 e. The molecule has 0 saturated heterocycles. The van der Waals surface area contributed by atoms with Gasteiger partial charge in [-0.1, -0.05) is 60.5 Å². The lowest BCUT2D eigenvalue weighted by Gasteiger charge is -2.30. The maximum atomic E-state index is 6.19. The lowest BCUT2D eigenvalue weighted by atomic mass is 9.92. The fraction of sp³-hybridized carbons (Fsp3) is 1.00. The van der Waals surface area contributed by atoms with Crippen molar-refractivity contribution in [3.8, 4) is 0 Å². The molecule has 0 heterocycles. The van der Waals surface area contributed by atoms with Crippen LogP contribution in [-0.4, -0.2) is 9.17 Å². The van der Waals surface area contributed by atoms with Crippen molar-refractivity contribution in [3.63, 3.8) is 0 Å². The minimum Gasteiger partial charge on any atom is -0.123 e. The van der Waals surface area contributed by atoms with Crippen LogP contribution < -0.4 is 0 Å². The molecular weight excluding hydrogens is 250 g/mol. The summed E-state index contributed by atoms with van der Waals surface area (Å²) in [5, 5.41) is 0.0211. The van der Waals surface area contributed by atoms with E-state index in [4.69, 9.17) is 46.4 Å². The summed E-state index contributed by atoms with van der Waals surface area (Å²) in [6.45, 7) is 0. The van der Waals surface area contributed by atoms with Crippen molar-refractivity contribution in [3.05, 3.63) is 0 Å². The van der Waals surface area contributed by atoms with Gasteiger partial charge in [-0.15, -0.1) is 11.6 Å². The molecule has 0 nitrogen and oxygen atoms in total. The Hall–Kier alpha value is 1.16. The quantitative estimate of drug-likeness (QED) is 0.544. The standard InChI is InChI=1S/C9H14Cl4/c10-8-6-4-2-1-3-5-7(8)9(11,12)13/h7-8H,1-6H2. The van der Waals surface area contributed by atoms with Gasteiger partial charge in [-0.3, -0.25) is 0 Å². The van der Waals surface area contributed by atoms with Gasteiger partial charge < -0.3 is 0 Å². The second kappa shape index (κ2) is 5.30. The summed E-state index contributed by atoms with van der Waals surface area (Å²) in [5.41, 5.74) is 0. The minimum absolute atomic E-state index is 0.0134. The predicted molar refractivity (Wildman–Crippen MR) is 61.1 cm³/mol. The zero-order valence-electron chi connectivity index (χ0n) is 7.41. The van der Waals surface area contributed by atoms with Gasteiger partial charge in [-0.25, -0.2) is 0 Å². The monoisotopic (exact) mass is 262 g/mol. The zero-order chi connectivity index (χ0) is 9.90. The van der Waals surface area contributed by atoms with Crippen LogP contribution in [0.2, 0.25) is 0 Å². The second-order valence-electron chi connectivity index (χ2n) is 3.66. The first-order chi connectivity index (χ1) is 6.02. The van der Waals surface area contributed by atoms with Crippen molar-refractivity contribution in [1.82, 2.24) is 0 Å². The van der Waals surface area contributed by atoms with E-state index in [0.29, 0.717) is 0 Å². The van der Waals surface area contributed by atoms with Crippen molar-refractivity contribution in [2.75, 3.05) is 0 Å². The van der Waals surface area contributed by atoms with E-state index in [9.17, 15) is 0 Å². The first-order valence-electron chi connectivity index (χ1n) is 4.72. The van der Waals surface area contributed by atoms with E-state index >= 15 is 0 Å².